The van der Waals surface area contributed by atoms with Crippen LogP contribution in [0.15, 0.2) is 45.5 Å². The quantitative estimate of drug-likeness (QED) is 0.0294. The van der Waals surface area contributed by atoms with E-state index < -0.39 is 9.84 Å². The van der Waals surface area contributed by atoms with Crippen molar-refractivity contribution in [3.8, 4) is 5.75 Å². The predicted molar refractivity (Wildman–Crippen MR) is 140 cm³/mol. The minimum Gasteiger partial charge on any atom is -0.691 e. The van der Waals surface area contributed by atoms with Crippen molar-refractivity contribution in [2.75, 3.05) is 49.9 Å². The second kappa shape index (κ2) is 22.3. The first-order valence-corrected chi connectivity index (χ1v) is 14.6. The zero-order chi connectivity index (χ0) is 28.7. The number of hydrogen-bond donors (Lipinski definition) is 0. The maximum absolute atomic E-state index is 12.5. The summed E-state index contributed by atoms with van der Waals surface area (Å²) in [5.74, 6) is -0.0332. The first-order chi connectivity index (χ1) is 18.8. The van der Waals surface area contributed by atoms with Crippen LogP contribution in [-0.2, 0) is 36.9 Å². The van der Waals surface area contributed by atoms with Gasteiger partial charge in [-0.05, 0) is 36.8 Å². The van der Waals surface area contributed by atoms with Crippen molar-refractivity contribution in [3.63, 3.8) is 0 Å². The molecule has 0 radical (unpaired) electrons. The summed E-state index contributed by atoms with van der Waals surface area (Å²) in [6.07, 6.45) is 0. The second-order valence-electron chi connectivity index (χ2n) is 7.17. The fourth-order valence-corrected chi connectivity index (χ4v) is 5.61. The van der Waals surface area contributed by atoms with E-state index in [0.29, 0.717) is 60.4 Å². The van der Waals surface area contributed by atoms with E-state index in [4.69, 9.17) is 36.3 Å². The molecule has 14 nitrogen and oxygen atoms in total. The molecule has 0 aliphatic heterocycles. The summed E-state index contributed by atoms with van der Waals surface area (Å²) in [6, 6.07) is 7.92. The maximum Gasteiger partial charge on any atom is 1.00 e. The van der Waals surface area contributed by atoms with Crippen molar-refractivity contribution in [2.24, 2.45) is 10.2 Å². The molecule has 2 aromatic rings. The molecule has 2 aromatic carbocycles. The number of anilines is 1. The largest absolute Gasteiger partial charge is 1.00 e. The molecule has 0 saturated heterocycles. The number of azo groups is 1. The Hall–Kier alpha value is -0.255. The summed E-state index contributed by atoms with van der Waals surface area (Å²) in [4.78, 5) is 1.92. The third kappa shape index (κ3) is 13.9. The molecule has 21 heteroatoms. The number of sulfone groups is 1. The number of methoxy groups -OCH3 is 1. The number of hydrogen-bond acceptors (Lipinski definition) is 16. The van der Waals surface area contributed by atoms with E-state index in [2.05, 4.69) is 29.0 Å². The number of alkyl halides is 1. The number of rotatable bonds is 19. The van der Waals surface area contributed by atoms with Crippen LogP contribution in [0.4, 0.5) is 17.1 Å². The fourth-order valence-electron chi connectivity index (χ4n) is 3.12. The summed E-state index contributed by atoms with van der Waals surface area (Å²) < 4.78 is 48.5. The van der Waals surface area contributed by atoms with Crippen molar-refractivity contribution >= 4 is 74.7 Å². The molecular formula is C20H23Cl2Li2N3O11S3. The van der Waals surface area contributed by atoms with Crippen LogP contribution >= 0.6 is 47.8 Å². The molecule has 218 valence electrons. The molecule has 0 aliphatic rings. The zero-order valence-corrected chi connectivity index (χ0v) is 26.4. The van der Waals surface area contributed by atoms with E-state index in [1.54, 1.807) is 31.2 Å². The van der Waals surface area contributed by atoms with Gasteiger partial charge in [-0.25, -0.2) is 8.42 Å². The monoisotopic (exact) mass is 661 g/mol. The SMILES string of the molecule is COc1cc(S(=O)(=O)CCCl)c(C)cc1N=Nc1ccc(N(CCOSOO[O-])CCOSOO[O-])cc1Cl.[Li+].[Li+]. The third-order valence-electron chi connectivity index (χ3n) is 4.82. The Kier molecular flexibility index (Phi) is 22.1. The first-order valence-electron chi connectivity index (χ1n) is 10.7. The van der Waals surface area contributed by atoms with Crippen LogP contribution in [0.25, 0.3) is 0 Å². The van der Waals surface area contributed by atoms with Gasteiger partial charge in [-0.15, -0.1) is 30.5 Å². The summed E-state index contributed by atoms with van der Waals surface area (Å²) >= 11 is 12.8. The van der Waals surface area contributed by atoms with Crippen LogP contribution in [0.3, 0.4) is 0 Å². The van der Waals surface area contributed by atoms with Crippen molar-refractivity contribution in [1.29, 1.82) is 0 Å². The molecule has 0 N–H and O–H groups in total. The zero-order valence-electron chi connectivity index (χ0n) is 22.4. The molecule has 0 bridgehead atoms. The Labute approximate surface area is 280 Å². The van der Waals surface area contributed by atoms with Gasteiger partial charge in [0.25, 0.3) is 0 Å². The van der Waals surface area contributed by atoms with Gasteiger partial charge < -0.3 is 20.2 Å². The van der Waals surface area contributed by atoms with Gasteiger partial charge in [0.05, 0.1) is 36.0 Å². The van der Waals surface area contributed by atoms with Crippen LogP contribution in [0.1, 0.15) is 5.56 Å². The molecule has 0 heterocycles. The van der Waals surface area contributed by atoms with Crippen LogP contribution in [0.5, 0.6) is 5.75 Å². The third-order valence-corrected chi connectivity index (χ3v) is 8.13. The molecular weight excluding hydrogens is 639 g/mol. The normalized spacial score (nSPS) is 11.3. The molecule has 0 atom stereocenters. The summed E-state index contributed by atoms with van der Waals surface area (Å²) in [7, 11) is -2.19. The molecule has 0 spiro atoms. The van der Waals surface area contributed by atoms with E-state index >= 15 is 0 Å². The van der Waals surface area contributed by atoms with Crippen molar-refractivity contribution in [1.82, 2.24) is 0 Å². The standard InChI is InChI=1S/C20H25Cl2N3O11S3.2Li/c1-14-11-18(19(30-2)13-20(14)39(28,29)10-5-21)24-23-17-4-3-15(12-16(17)22)25(6-8-31-37-35-33-26)7-9-32-38-36-34-27;;/h3-4,11-13,26-27H,5-10H2,1-2H3;;/q;2*+1/p-2. The number of aryl methyl sites for hydroxylation is 1. The molecule has 0 saturated carbocycles. The molecule has 41 heavy (non-hydrogen) atoms. The summed E-state index contributed by atoms with van der Waals surface area (Å²) in [5, 5.41) is 34.8. The van der Waals surface area contributed by atoms with Crippen molar-refractivity contribution in [3.05, 3.63) is 40.9 Å². The minimum absolute atomic E-state index is 0. The van der Waals surface area contributed by atoms with Gasteiger partial charge in [0.1, 0.15) is 17.1 Å². The average molecular weight is 662 g/mol. The molecule has 0 amide bonds. The average Bonchev–Trinajstić information content (AvgIpc) is 2.90. The number of ether oxygens (including phenoxy) is 1. The van der Waals surface area contributed by atoms with E-state index in [1.807, 2.05) is 4.90 Å². The smallest absolute Gasteiger partial charge is 0.691 e. The summed E-state index contributed by atoms with van der Waals surface area (Å²) in [6.45, 7) is 2.51. The topological polar surface area (TPSA) is 173 Å². The molecule has 0 unspecified atom stereocenters. The Morgan fingerprint density at radius 1 is 0.951 bits per heavy atom. The first kappa shape index (κ1) is 40.7. The maximum atomic E-state index is 12.5. The van der Waals surface area contributed by atoms with Crippen molar-refractivity contribution in [2.45, 2.75) is 11.8 Å². The predicted octanol–water partition coefficient (Wildman–Crippen LogP) is -2.49. The Morgan fingerprint density at radius 2 is 1.54 bits per heavy atom. The molecule has 0 aliphatic carbocycles. The van der Waals surface area contributed by atoms with E-state index in [9.17, 15) is 18.9 Å². The van der Waals surface area contributed by atoms with Crippen molar-refractivity contribution < 1.29 is 88.5 Å². The van der Waals surface area contributed by atoms with Crippen LogP contribution in [-0.4, -0.2) is 53.5 Å². The fraction of sp³-hybridized carbons (Fsp3) is 0.400. The van der Waals surface area contributed by atoms with Gasteiger partial charge in [-0.1, -0.05) is 11.6 Å². The number of halogens is 2. The Morgan fingerprint density at radius 3 is 2.05 bits per heavy atom. The molecule has 2 rings (SSSR count). The van der Waals surface area contributed by atoms with Gasteiger partial charge in [-0.3, -0.25) is 18.4 Å². The van der Waals surface area contributed by atoms with Gasteiger partial charge in [-0.2, -0.15) is 0 Å². The second-order valence-corrected chi connectivity index (χ2v) is 11.1. The van der Waals surface area contributed by atoms with E-state index in [-0.39, 0.29) is 78.2 Å². The van der Waals surface area contributed by atoms with Gasteiger partial charge in [0.15, 0.2) is 34.5 Å². The van der Waals surface area contributed by atoms with Gasteiger partial charge in [0, 0.05) is 30.7 Å². The van der Waals surface area contributed by atoms with Gasteiger partial charge in [0.2, 0.25) is 0 Å². The molecule has 0 aromatic heterocycles. The van der Waals surface area contributed by atoms with Gasteiger partial charge >= 0.3 is 37.7 Å². The van der Waals surface area contributed by atoms with Crippen LogP contribution in [0.2, 0.25) is 5.02 Å². The van der Waals surface area contributed by atoms with E-state index in [1.165, 1.54) is 13.2 Å². The Balaban J connectivity index is 0.00000800. The van der Waals surface area contributed by atoms with E-state index in [0.717, 1.165) is 0 Å². The number of benzene rings is 2. The number of nitrogens with zero attached hydrogens (tertiary/aromatic N) is 3. The molecule has 0 fully saturated rings. The summed E-state index contributed by atoms with van der Waals surface area (Å²) in [5.41, 5.74) is 1.76. The Bertz CT molecular complexity index is 1180. The van der Waals surface area contributed by atoms with Crippen LogP contribution < -0.4 is 57.9 Å². The minimum atomic E-state index is -3.58. The van der Waals surface area contributed by atoms with Crippen LogP contribution in [0, 0.1) is 6.92 Å².